The Morgan fingerprint density at radius 1 is 1.60 bits per heavy atom. The number of hydrogen-bond acceptors (Lipinski definition) is 5. The zero-order valence-electron chi connectivity index (χ0n) is 8.25. The van der Waals surface area contributed by atoms with Gasteiger partial charge >= 0.3 is 0 Å². The van der Waals surface area contributed by atoms with Crippen molar-refractivity contribution in [2.45, 2.75) is 19.9 Å². The van der Waals surface area contributed by atoms with Gasteiger partial charge in [0.2, 0.25) is 0 Å². The molecule has 0 atom stereocenters. The van der Waals surface area contributed by atoms with E-state index >= 15 is 0 Å². The number of carbonyl (C=O) groups is 1. The molecule has 0 spiro atoms. The number of imidazole rings is 1. The predicted octanol–water partition coefficient (Wildman–Crippen LogP) is 1.18. The highest BCUT2D eigenvalue weighted by Crippen LogP contribution is 2.05. The highest BCUT2D eigenvalue weighted by atomic mass is 32.1. The number of Topliss-reactive ketones (excluding diaryl/α,β-unsaturated/α-hetero) is 1. The van der Waals surface area contributed by atoms with Crippen LogP contribution in [0.1, 0.15) is 23.2 Å². The van der Waals surface area contributed by atoms with E-state index in [1.165, 1.54) is 11.5 Å². The van der Waals surface area contributed by atoms with Crippen molar-refractivity contribution in [3.8, 4) is 0 Å². The zero-order chi connectivity index (χ0) is 10.7. The van der Waals surface area contributed by atoms with Crippen LogP contribution < -0.4 is 0 Å². The van der Waals surface area contributed by atoms with Crippen LogP contribution in [0.15, 0.2) is 17.8 Å². The van der Waals surface area contributed by atoms with Crippen molar-refractivity contribution >= 4 is 17.3 Å². The quantitative estimate of drug-likeness (QED) is 0.729. The fourth-order valence-corrected chi connectivity index (χ4v) is 1.78. The van der Waals surface area contributed by atoms with Crippen LogP contribution in [0.2, 0.25) is 0 Å². The largest absolute Gasteiger partial charge is 0.335 e. The van der Waals surface area contributed by atoms with Crippen LogP contribution in [0.5, 0.6) is 0 Å². The monoisotopic (exact) mass is 222 g/mol. The number of aryl methyl sites for hydroxylation is 1. The fourth-order valence-electron chi connectivity index (χ4n) is 1.32. The molecular weight excluding hydrogens is 212 g/mol. The summed E-state index contributed by atoms with van der Waals surface area (Å²) in [5.41, 5.74) is 0.422. The van der Waals surface area contributed by atoms with E-state index in [0.717, 1.165) is 12.4 Å². The Morgan fingerprint density at radius 2 is 2.47 bits per heavy atom. The van der Waals surface area contributed by atoms with Gasteiger partial charge in [-0.15, -0.1) is 5.10 Å². The fraction of sp³-hybridized carbons (Fsp3) is 0.333. The van der Waals surface area contributed by atoms with Gasteiger partial charge in [-0.2, -0.15) is 0 Å². The molecular formula is C9H10N4OS. The summed E-state index contributed by atoms with van der Waals surface area (Å²) in [6, 6.07) is 0. The number of ketones is 1. The summed E-state index contributed by atoms with van der Waals surface area (Å²) < 4.78 is 5.60. The van der Waals surface area contributed by atoms with Crippen LogP contribution in [0.25, 0.3) is 0 Å². The van der Waals surface area contributed by atoms with E-state index < -0.39 is 0 Å². The van der Waals surface area contributed by atoms with Crippen molar-refractivity contribution < 1.29 is 4.79 Å². The van der Waals surface area contributed by atoms with Crippen molar-refractivity contribution in [3.05, 3.63) is 29.3 Å². The molecule has 0 aromatic carbocycles. The topological polar surface area (TPSA) is 60.7 Å². The molecule has 0 N–H and O–H groups in total. The van der Waals surface area contributed by atoms with Gasteiger partial charge in [0, 0.05) is 24.3 Å². The van der Waals surface area contributed by atoms with Crippen LogP contribution in [-0.2, 0) is 13.0 Å². The summed E-state index contributed by atoms with van der Waals surface area (Å²) in [5.74, 6) is 0.736. The van der Waals surface area contributed by atoms with E-state index in [2.05, 4.69) is 14.6 Å². The lowest BCUT2D eigenvalue weighted by atomic mass is 10.2. The first-order valence-corrected chi connectivity index (χ1v) is 5.45. The van der Waals surface area contributed by atoms with E-state index in [1.807, 2.05) is 17.7 Å². The second-order valence-corrected chi connectivity index (χ2v) is 3.63. The molecule has 0 aliphatic heterocycles. The highest BCUT2D eigenvalue weighted by Gasteiger charge is 2.12. The molecule has 0 amide bonds. The Labute approximate surface area is 90.9 Å². The highest BCUT2D eigenvalue weighted by molar-refractivity contribution is 7.03. The summed E-state index contributed by atoms with van der Waals surface area (Å²) >= 11 is 1.18. The molecule has 15 heavy (non-hydrogen) atoms. The first-order valence-electron chi connectivity index (χ1n) is 4.61. The Bertz CT molecular complexity index is 448. The Kier molecular flexibility index (Phi) is 2.86. The van der Waals surface area contributed by atoms with Crippen molar-refractivity contribution in [2.24, 2.45) is 0 Å². The number of rotatable bonds is 4. The van der Waals surface area contributed by atoms with E-state index in [9.17, 15) is 4.79 Å². The summed E-state index contributed by atoms with van der Waals surface area (Å²) in [6.07, 6.45) is 3.85. The molecule has 2 heterocycles. The maximum absolute atomic E-state index is 11.7. The van der Waals surface area contributed by atoms with Crippen LogP contribution in [0, 0.1) is 0 Å². The van der Waals surface area contributed by atoms with E-state index in [1.54, 1.807) is 11.6 Å². The maximum atomic E-state index is 11.7. The SMILES string of the molecule is CCn1ccnc1CC(=O)c1csnn1. The van der Waals surface area contributed by atoms with Crippen LogP contribution in [0.3, 0.4) is 0 Å². The lowest BCUT2D eigenvalue weighted by Gasteiger charge is -2.01. The van der Waals surface area contributed by atoms with E-state index in [0.29, 0.717) is 5.69 Å². The molecule has 6 heteroatoms. The number of hydrogen-bond donors (Lipinski definition) is 0. The molecule has 0 aliphatic rings. The number of nitrogens with zero attached hydrogens (tertiary/aromatic N) is 4. The second-order valence-electron chi connectivity index (χ2n) is 3.02. The third-order valence-electron chi connectivity index (χ3n) is 2.11. The first kappa shape index (κ1) is 9.97. The first-order chi connectivity index (χ1) is 7.31. The minimum atomic E-state index is -0.0374. The van der Waals surface area contributed by atoms with Gasteiger partial charge in [0.1, 0.15) is 11.5 Å². The second kappa shape index (κ2) is 4.31. The molecule has 0 fully saturated rings. The van der Waals surface area contributed by atoms with Gasteiger partial charge in [-0.3, -0.25) is 4.79 Å². The van der Waals surface area contributed by atoms with Gasteiger partial charge in [0.05, 0.1) is 6.42 Å². The Balaban J connectivity index is 2.13. The summed E-state index contributed by atoms with van der Waals surface area (Å²) in [5, 5.41) is 5.39. The van der Waals surface area contributed by atoms with Crippen molar-refractivity contribution in [1.29, 1.82) is 0 Å². The third-order valence-corrected chi connectivity index (χ3v) is 2.61. The molecule has 0 bridgehead atoms. The molecule has 0 saturated heterocycles. The van der Waals surface area contributed by atoms with Crippen molar-refractivity contribution in [2.75, 3.05) is 0 Å². The molecule has 0 aliphatic carbocycles. The number of aromatic nitrogens is 4. The van der Waals surface area contributed by atoms with Crippen molar-refractivity contribution in [1.82, 2.24) is 19.1 Å². The molecule has 2 aromatic rings. The van der Waals surface area contributed by atoms with Crippen LogP contribution in [0.4, 0.5) is 0 Å². The van der Waals surface area contributed by atoms with Gasteiger partial charge in [-0.1, -0.05) is 4.49 Å². The minimum absolute atomic E-state index is 0.0374. The minimum Gasteiger partial charge on any atom is -0.335 e. The molecule has 0 saturated carbocycles. The molecule has 0 radical (unpaired) electrons. The van der Waals surface area contributed by atoms with Gasteiger partial charge in [0.15, 0.2) is 5.78 Å². The van der Waals surface area contributed by atoms with Gasteiger partial charge < -0.3 is 4.57 Å². The van der Waals surface area contributed by atoms with E-state index in [-0.39, 0.29) is 12.2 Å². The van der Waals surface area contributed by atoms with Gasteiger partial charge in [0.25, 0.3) is 0 Å². The average molecular weight is 222 g/mol. The summed E-state index contributed by atoms with van der Waals surface area (Å²) in [7, 11) is 0. The maximum Gasteiger partial charge on any atom is 0.191 e. The molecule has 0 unspecified atom stereocenters. The zero-order valence-corrected chi connectivity index (χ0v) is 9.07. The van der Waals surface area contributed by atoms with Crippen LogP contribution in [-0.4, -0.2) is 24.9 Å². The number of carbonyl (C=O) groups excluding carboxylic acids is 1. The smallest absolute Gasteiger partial charge is 0.191 e. The normalized spacial score (nSPS) is 10.5. The standard InChI is InChI=1S/C9H10N4OS/c1-2-13-4-3-10-9(13)5-8(14)7-6-15-12-11-7/h3-4,6H,2,5H2,1H3. The van der Waals surface area contributed by atoms with Crippen LogP contribution >= 0.6 is 11.5 Å². The average Bonchev–Trinajstić information content (AvgIpc) is 2.87. The predicted molar refractivity (Wildman–Crippen MR) is 55.8 cm³/mol. The molecule has 78 valence electrons. The Morgan fingerprint density at radius 3 is 3.13 bits per heavy atom. The third kappa shape index (κ3) is 2.10. The van der Waals surface area contributed by atoms with Gasteiger partial charge in [-0.25, -0.2) is 4.98 Å². The lowest BCUT2D eigenvalue weighted by Crippen LogP contribution is -2.09. The molecule has 2 aromatic heterocycles. The van der Waals surface area contributed by atoms with Crippen molar-refractivity contribution in [3.63, 3.8) is 0 Å². The van der Waals surface area contributed by atoms with Gasteiger partial charge in [-0.05, 0) is 18.5 Å². The molecule has 5 nitrogen and oxygen atoms in total. The lowest BCUT2D eigenvalue weighted by molar-refractivity contribution is 0.0985. The summed E-state index contributed by atoms with van der Waals surface area (Å²) in [4.78, 5) is 15.8. The summed E-state index contributed by atoms with van der Waals surface area (Å²) in [6.45, 7) is 2.83. The molecule has 2 rings (SSSR count). The Hall–Kier alpha value is -1.56. The van der Waals surface area contributed by atoms with E-state index in [4.69, 9.17) is 0 Å².